The average molecular weight is 352 g/mol. The summed E-state index contributed by atoms with van der Waals surface area (Å²) in [5.41, 5.74) is 0. The molecule has 0 saturated heterocycles. The molecule has 0 aliphatic heterocycles. The van der Waals surface area contributed by atoms with Gasteiger partial charge in [0, 0.05) is 19.0 Å². The van der Waals surface area contributed by atoms with Crippen LogP contribution in [0.1, 0.15) is 19.7 Å². The molecule has 1 aromatic carbocycles. The fourth-order valence-corrected chi connectivity index (χ4v) is 2.20. The molecule has 0 bridgehead atoms. The van der Waals surface area contributed by atoms with Gasteiger partial charge in [-0.1, -0.05) is 6.92 Å². The van der Waals surface area contributed by atoms with Crippen molar-refractivity contribution in [2.24, 2.45) is 0 Å². The first-order valence-electron chi connectivity index (χ1n) is 6.79. The lowest BCUT2D eigenvalue weighted by Crippen LogP contribution is -2.04. The summed E-state index contributed by atoms with van der Waals surface area (Å²) in [6.45, 7) is 4.83. The molecule has 0 radical (unpaired) electrons. The van der Waals surface area contributed by atoms with E-state index in [0.29, 0.717) is 11.6 Å². The molecule has 0 saturated carbocycles. The third-order valence-electron chi connectivity index (χ3n) is 2.78. The molecule has 0 unspecified atom stereocenters. The molecule has 0 amide bonds. The van der Waals surface area contributed by atoms with Crippen molar-refractivity contribution in [2.45, 2.75) is 20.3 Å². The summed E-state index contributed by atoms with van der Waals surface area (Å²) in [5, 5.41) is 3.18. The summed E-state index contributed by atoms with van der Waals surface area (Å²) < 4.78 is 11.8. The summed E-state index contributed by atoms with van der Waals surface area (Å²) in [5.74, 6) is 3.47. The fraction of sp³-hybridized carbons (Fsp3) is 0.333. The van der Waals surface area contributed by atoms with Gasteiger partial charge in [0.1, 0.15) is 23.1 Å². The Morgan fingerprint density at radius 1 is 1.19 bits per heavy atom. The van der Waals surface area contributed by atoms with Crippen molar-refractivity contribution < 1.29 is 9.47 Å². The SMILES string of the molecule is CCNc1cc(Oc2ccc(OC)cc2Br)nc(CC)n1. The summed E-state index contributed by atoms with van der Waals surface area (Å²) in [7, 11) is 1.63. The van der Waals surface area contributed by atoms with Gasteiger partial charge >= 0.3 is 0 Å². The molecule has 5 nitrogen and oxygen atoms in total. The number of nitrogens with zero attached hydrogens (tertiary/aromatic N) is 2. The first kappa shape index (κ1) is 15.6. The van der Waals surface area contributed by atoms with Crippen LogP contribution in [0.15, 0.2) is 28.7 Å². The highest BCUT2D eigenvalue weighted by Gasteiger charge is 2.08. The molecule has 0 fully saturated rings. The second-order valence-corrected chi connectivity index (χ2v) is 5.14. The van der Waals surface area contributed by atoms with Crippen LogP contribution in [0.25, 0.3) is 0 Å². The molecule has 2 aromatic rings. The molecule has 112 valence electrons. The third-order valence-corrected chi connectivity index (χ3v) is 3.40. The van der Waals surface area contributed by atoms with E-state index in [-0.39, 0.29) is 0 Å². The fourth-order valence-electron chi connectivity index (χ4n) is 1.76. The lowest BCUT2D eigenvalue weighted by Gasteiger charge is -2.11. The molecule has 0 aliphatic rings. The minimum Gasteiger partial charge on any atom is -0.497 e. The van der Waals surface area contributed by atoms with E-state index in [9.17, 15) is 0 Å². The Morgan fingerprint density at radius 3 is 2.62 bits per heavy atom. The number of halogens is 1. The van der Waals surface area contributed by atoms with Gasteiger partial charge in [0.25, 0.3) is 0 Å². The Balaban J connectivity index is 2.27. The molecular weight excluding hydrogens is 334 g/mol. The quantitative estimate of drug-likeness (QED) is 0.851. The van der Waals surface area contributed by atoms with Gasteiger partial charge in [-0.25, -0.2) is 4.98 Å². The van der Waals surface area contributed by atoms with Gasteiger partial charge in [-0.2, -0.15) is 4.98 Å². The van der Waals surface area contributed by atoms with Crippen LogP contribution < -0.4 is 14.8 Å². The van der Waals surface area contributed by atoms with Crippen LogP contribution >= 0.6 is 15.9 Å². The van der Waals surface area contributed by atoms with Crippen LogP contribution in [0.2, 0.25) is 0 Å². The standard InChI is InChI=1S/C15H18BrN3O2/c1-4-13-18-14(17-5-2)9-15(19-13)21-12-7-6-10(20-3)8-11(12)16/h6-9H,4-5H2,1-3H3,(H,17,18,19). The zero-order valence-electron chi connectivity index (χ0n) is 12.3. The van der Waals surface area contributed by atoms with Crippen molar-refractivity contribution >= 4 is 21.7 Å². The van der Waals surface area contributed by atoms with Crippen LogP contribution in [0.3, 0.4) is 0 Å². The molecule has 21 heavy (non-hydrogen) atoms. The maximum atomic E-state index is 5.84. The number of nitrogens with one attached hydrogen (secondary N) is 1. The Labute approximate surface area is 132 Å². The van der Waals surface area contributed by atoms with Crippen molar-refractivity contribution in [3.63, 3.8) is 0 Å². The summed E-state index contributed by atoms with van der Waals surface area (Å²) in [6, 6.07) is 7.32. The number of aryl methyl sites for hydroxylation is 1. The van der Waals surface area contributed by atoms with Crippen molar-refractivity contribution in [2.75, 3.05) is 19.0 Å². The van der Waals surface area contributed by atoms with E-state index in [2.05, 4.69) is 31.2 Å². The lowest BCUT2D eigenvalue weighted by molar-refractivity contribution is 0.411. The Morgan fingerprint density at radius 2 is 2.00 bits per heavy atom. The van der Waals surface area contributed by atoms with Gasteiger partial charge < -0.3 is 14.8 Å². The van der Waals surface area contributed by atoms with E-state index in [0.717, 1.165) is 34.8 Å². The van der Waals surface area contributed by atoms with Gasteiger partial charge in [-0.3, -0.25) is 0 Å². The lowest BCUT2D eigenvalue weighted by atomic mass is 10.3. The second kappa shape index (κ2) is 7.26. The van der Waals surface area contributed by atoms with Gasteiger partial charge in [0.05, 0.1) is 11.6 Å². The molecule has 1 aromatic heterocycles. The minimum absolute atomic E-state index is 0.517. The minimum atomic E-state index is 0.517. The highest BCUT2D eigenvalue weighted by atomic mass is 79.9. The first-order chi connectivity index (χ1) is 10.2. The first-order valence-corrected chi connectivity index (χ1v) is 7.58. The number of rotatable bonds is 6. The van der Waals surface area contributed by atoms with Crippen LogP contribution in [0.4, 0.5) is 5.82 Å². The molecule has 1 heterocycles. The smallest absolute Gasteiger partial charge is 0.224 e. The molecule has 1 N–H and O–H groups in total. The Hall–Kier alpha value is -1.82. The average Bonchev–Trinajstić information content (AvgIpc) is 2.49. The molecule has 0 spiro atoms. The van der Waals surface area contributed by atoms with Gasteiger partial charge in [0.2, 0.25) is 5.88 Å². The highest BCUT2D eigenvalue weighted by Crippen LogP contribution is 2.32. The van der Waals surface area contributed by atoms with Crippen LogP contribution in [-0.2, 0) is 6.42 Å². The maximum Gasteiger partial charge on any atom is 0.224 e. The van der Waals surface area contributed by atoms with Crippen LogP contribution in [-0.4, -0.2) is 23.6 Å². The number of hydrogen-bond donors (Lipinski definition) is 1. The van der Waals surface area contributed by atoms with Gasteiger partial charge in [0.15, 0.2) is 0 Å². The normalized spacial score (nSPS) is 10.3. The second-order valence-electron chi connectivity index (χ2n) is 4.29. The summed E-state index contributed by atoms with van der Waals surface area (Å²) >= 11 is 3.47. The topological polar surface area (TPSA) is 56.3 Å². The number of ether oxygens (including phenoxy) is 2. The van der Waals surface area contributed by atoms with E-state index in [1.807, 2.05) is 32.0 Å². The monoisotopic (exact) mass is 351 g/mol. The van der Waals surface area contributed by atoms with E-state index >= 15 is 0 Å². The van der Waals surface area contributed by atoms with Gasteiger partial charge in [-0.05, 0) is 41.1 Å². The number of methoxy groups -OCH3 is 1. The molecular formula is C15H18BrN3O2. The maximum absolute atomic E-state index is 5.84. The predicted molar refractivity (Wildman–Crippen MR) is 86.3 cm³/mol. The Kier molecular flexibility index (Phi) is 5.38. The largest absolute Gasteiger partial charge is 0.497 e. The third kappa shape index (κ3) is 4.07. The number of anilines is 1. The molecule has 2 rings (SSSR count). The predicted octanol–water partition coefficient (Wildman–Crippen LogP) is 4.03. The zero-order valence-corrected chi connectivity index (χ0v) is 13.9. The van der Waals surface area contributed by atoms with Crippen LogP contribution in [0.5, 0.6) is 17.4 Å². The van der Waals surface area contributed by atoms with E-state index in [1.165, 1.54) is 0 Å². The van der Waals surface area contributed by atoms with Gasteiger partial charge in [-0.15, -0.1) is 0 Å². The van der Waals surface area contributed by atoms with Crippen molar-refractivity contribution in [3.8, 4) is 17.4 Å². The number of aromatic nitrogens is 2. The van der Waals surface area contributed by atoms with Crippen LogP contribution in [0, 0.1) is 0 Å². The number of benzene rings is 1. The molecule has 6 heteroatoms. The Bertz CT molecular complexity index is 620. The van der Waals surface area contributed by atoms with E-state index < -0.39 is 0 Å². The highest BCUT2D eigenvalue weighted by molar-refractivity contribution is 9.10. The molecule has 0 aliphatic carbocycles. The van der Waals surface area contributed by atoms with Crippen molar-refractivity contribution in [1.82, 2.24) is 9.97 Å². The zero-order chi connectivity index (χ0) is 15.2. The summed E-state index contributed by atoms with van der Waals surface area (Å²) in [6.07, 6.45) is 0.749. The van der Waals surface area contributed by atoms with E-state index in [1.54, 1.807) is 13.2 Å². The van der Waals surface area contributed by atoms with Crippen molar-refractivity contribution in [1.29, 1.82) is 0 Å². The van der Waals surface area contributed by atoms with Crippen molar-refractivity contribution in [3.05, 3.63) is 34.6 Å². The number of hydrogen-bond acceptors (Lipinski definition) is 5. The molecule has 0 atom stereocenters. The van der Waals surface area contributed by atoms with E-state index in [4.69, 9.17) is 9.47 Å². The summed E-state index contributed by atoms with van der Waals surface area (Å²) in [4.78, 5) is 8.79.